The molecule has 0 spiro atoms. The molecular formula is C17H32O. The van der Waals surface area contributed by atoms with Gasteiger partial charge in [0.05, 0.1) is 6.10 Å². The van der Waals surface area contributed by atoms with E-state index in [1.165, 1.54) is 0 Å². The first-order valence-electron chi connectivity index (χ1n) is 7.36. The molecule has 18 heavy (non-hydrogen) atoms. The summed E-state index contributed by atoms with van der Waals surface area (Å²) in [6.07, 6.45) is 10.6. The van der Waals surface area contributed by atoms with Gasteiger partial charge in [0.25, 0.3) is 0 Å². The number of hydrogen-bond donors (Lipinski definition) is 1. The minimum Gasteiger partial charge on any atom is -0.393 e. The first-order valence-corrected chi connectivity index (χ1v) is 7.36. The van der Waals surface area contributed by atoms with Crippen LogP contribution in [0.15, 0.2) is 24.3 Å². The van der Waals surface area contributed by atoms with Gasteiger partial charge >= 0.3 is 0 Å². The number of allylic oxidation sites excluding steroid dienone is 4. The van der Waals surface area contributed by atoms with Gasteiger partial charge in [-0.25, -0.2) is 0 Å². The smallest absolute Gasteiger partial charge is 0.0596 e. The quantitative estimate of drug-likeness (QED) is 0.614. The van der Waals surface area contributed by atoms with E-state index in [1.54, 1.807) is 0 Å². The van der Waals surface area contributed by atoms with E-state index in [9.17, 15) is 5.11 Å². The average Bonchev–Trinajstić information content (AvgIpc) is 2.30. The minimum atomic E-state index is -0.194. The molecule has 0 saturated carbocycles. The number of aliphatic hydroxyl groups is 1. The second kappa shape index (κ2) is 9.38. The highest BCUT2D eigenvalue weighted by molar-refractivity contribution is 4.95. The summed E-state index contributed by atoms with van der Waals surface area (Å²) >= 11 is 0. The molecule has 0 bridgehead atoms. The van der Waals surface area contributed by atoms with Crippen LogP contribution in [0.2, 0.25) is 0 Å². The van der Waals surface area contributed by atoms with E-state index < -0.39 is 0 Å². The first-order chi connectivity index (χ1) is 8.36. The van der Waals surface area contributed by atoms with E-state index in [4.69, 9.17) is 0 Å². The maximum atomic E-state index is 10.2. The van der Waals surface area contributed by atoms with Crippen molar-refractivity contribution in [2.45, 2.75) is 60.5 Å². The second-order valence-corrected chi connectivity index (χ2v) is 6.19. The summed E-state index contributed by atoms with van der Waals surface area (Å²) in [7, 11) is 0. The summed E-state index contributed by atoms with van der Waals surface area (Å²) in [4.78, 5) is 0. The zero-order valence-corrected chi connectivity index (χ0v) is 13.1. The van der Waals surface area contributed by atoms with Crippen LogP contribution in [0.1, 0.15) is 54.4 Å². The van der Waals surface area contributed by atoms with Gasteiger partial charge in [0.2, 0.25) is 0 Å². The average molecular weight is 252 g/mol. The van der Waals surface area contributed by atoms with Crippen molar-refractivity contribution in [3.8, 4) is 0 Å². The number of aliphatic hydroxyl groups excluding tert-OH is 1. The third-order valence-corrected chi connectivity index (χ3v) is 3.64. The first kappa shape index (κ1) is 17.4. The maximum absolute atomic E-state index is 10.2. The lowest BCUT2D eigenvalue weighted by atomic mass is 9.84. The van der Waals surface area contributed by atoms with Crippen molar-refractivity contribution in [2.24, 2.45) is 23.7 Å². The SMILES string of the molecule is CC(C)/C=C/C/C=C/CC(C)C(O)C(C)C(C)C. The van der Waals surface area contributed by atoms with E-state index >= 15 is 0 Å². The molecule has 106 valence electrons. The zero-order chi connectivity index (χ0) is 14.1. The molecule has 0 aliphatic rings. The minimum absolute atomic E-state index is 0.194. The van der Waals surface area contributed by atoms with Crippen molar-refractivity contribution < 1.29 is 5.11 Å². The molecule has 3 atom stereocenters. The fourth-order valence-corrected chi connectivity index (χ4v) is 1.89. The Hall–Kier alpha value is -0.560. The lowest BCUT2D eigenvalue weighted by molar-refractivity contribution is 0.0460. The van der Waals surface area contributed by atoms with E-state index in [0.29, 0.717) is 23.7 Å². The molecule has 1 N–H and O–H groups in total. The summed E-state index contributed by atoms with van der Waals surface area (Å²) in [5.41, 5.74) is 0. The molecule has 3 unspecified atom stereocenters. The fourth-order valence-electron chi connectivity index (χ4n) is 1.89. The Balaban J connectivity index is 3.95. The Bertz CT molecular complexity index is 250. The van der Waals surface area contributed by atoms with Gasteiger partial charge in [-0.2, -0.15) is 0 Å². The topological polar surface area (TPSA) is 20.2 Å². The fraction of sp³-hybridized carbons (Fsp3) is 0.765. The van der Waals surface area contributed by atoms with Crippen LogP contribution >= 0.6 is 0 Å². The standard InChI is InChI=1S/C17H32O/c1-13(2)11-9-7-8-10-12-15(5)17(18)16(6)14(3)4/h8-11,13-18H,7,12H2,1-6H3/b10-8+,11-9+. The van der Waals surface area contributed by atoms with Gasteiger partial charge in [-0.1, -0.05) is 65.8 Å². The Labute approximate surface area is 114 Å². The molecule has 0 aliphatic carbocycles. The van der Waals surface area contributed by atoms with Gasteiger partial charge in [0.1, 0.15) is 0 Å². The third-order valence-electron chi connectivity index (χ3n) is 3.64. The summed E-state index contributed by atoms with van der Waals surface area (Å²) < 4.78 is 0. The molecule has 0 rings (SSSR count). The Morgan fingerprint density at radius 2 is 1.50 bits per heavy atom. The van der Waals surface area contributed by atoms with Crippen molar-refractivity contribution in [3.05, 3.63) is 24.3 Å². The second-order valence-electron chi connectivity index (χ2n) is 6.19. The number of hydrogen-bond acceptors (Lipinski definition) is 1. The highest BCUT2D eigenvalue weighted by Gasteiger charge is 2.22. The molecule has 0 saturated heterocycles. The van der Waals surface area contributed by atoms with Crippen molar-refractivity contribution in [1.29, 1.82) is 0 Å². The predicted octanol–water partition coefficient (Wildman–Crippen LogP) is 4.82. The van der Waals surface area contributed by atoms with Crippen LogP contribution in [0.25, 0.3) is 0 Å². The van der Waals surface area contributed by atoms with Crippen LogP contribution in [0.3, 0.4) is 0 Å². The van der Waals surface area contributed by atoms with E-state index in [-0.39, 0.29) is 6.10 Å². The van der Waals surface area contributed by atoms with Crippen LogP contribution in [-0.4, -0.2) is 11.2 Å². The molecule has 1 heteroatoms. The molecule has 0 radical (unpaired) electrons. The third kappa shape index (κ3) is 7.71. The van der Waals surface area contributed by atoms with Crippen molar-refractivity contribution in [1.82, 2.24) is 0 Å². The Kier molecular flexibility index (Phi) is 9.09. The van der Waals surface area contributed by atoms with Gasteiger partial charge in [-0.3, -0.25) is 0 Å². The predicted molar refractivity (Wildman–Crippen MR) is 81.5 cm³/mol. The molecule has 0 fully saturated rings. The van der Waals surface area contributed by atoms with Gasteiger partial charge in [0, 0.05) is 0 Å². The summed E-state index contributed by atoms with van der Waals surface area (Å²) in [6.45, 7) is 13.0. The van der Waals surface area contributed by atoms with Gasteiger partial charge < -0.3 is 5.11 Å². The molecule has 0 aromatic rings. The zero-order valence-electron chi connectivity index (χ0n) is 13.1. The van der Waals surface area contributed by atoms with Crippen molar-refractivity contribution in [3.63, 3.8) is 0 Å². The Morgan fingerprint density at radius 1 is 0.889 bits per heavy atom. The Morgan fingerprint density at radius 3 is 2.00 bits per heavy atom. The van der Waals surface area contributed by atoms with Crippen LogP contribution in [0.4, 0.5) is 0 Å². The van der Waals surface area contributed by atoms with E-state index in [2.05, 4.69) is 65.8 Å². The summed E-state index contributed by atoms with van der Waals surface area (Å²) in [6, 6.07) is 0. The van der Waals surface area contributed by atoms with Crippen LogP contribution in [-0.2, 0) is 0 Å². The van der Waals surface area contributed by atoms with E-state index in [1.807, 2.05) is 0 Å². The van der Waals surface area contributed by atoms with Crippen molar-refractivity contribution >= 4 is 0 Å². The van der Waals surface area contributed by atoms with Crippen LogP contribution in [0.5, 0.6) is 0 Å². The maximum Gasteiger partial charge on any atom is 0.0596 e. The van der Waals surface area contributed by atoms with Crippen molar-refractivity contribution in [2.75, 3.05) is 0 Å². The van der Waals surface area contributed by atoms with Crippen LogP contribution < -0.4 is 0 Å². The normalized spacial score (nSPS) is 18.1. The largest absolute Gasteiger partial charge is 0.393 e. The monoisotopic (exact) mass is 252 g/mol. The lowest BCUT2D eigenvalue weighted by Gasteiger charge is -2.26. The molecule has 0 aromatic heterocycles. The molecule has 0 aromatic carbocycles. The molecule has 0 amide bonds. The lowest BCUT2D eigenvalue weighted by Crippen LogP contribution is -2.28. The molecule has 0 heterocycles. The molecule has 1 nitrogen and oxygen atoms in total. The molecular weight excluding hydrogens is 220 g/mol. The van der Waals surface area contributed by atoms with E-state index in [0.717, 1.165) is 12.8 Å². The number of rotatable bonds is 8. The highest BCUT2D eigenvalue weighted by Crippen LogP contribution is 2.22. The highest BCUT2D eigenvalue weighted by atomic mass is 16.3. The summed E-state index contributed by atoms with van der Waals surface area (Å²) in [5.74, 6) is 1.88. The van der Waals surface area contributed by atoms with Gasteiger partial charge in [0.15, 0.2) is 0 Å². The van der Waals surface area contributed by atoms with Gasteiger partial charge in [-0.15, -0.1) is 0 Å². The molecule has 0 aliphatic heterocycles. The summed E-state index contributed by atoms with van der Waals surface area (Å²) in [5, 5.41) is 10.2. The van der Waals surface area contributed by atoms with Gasteiger partial charge in [-0.05, 0) is 36.5 Å². The van der Waals surface area contributed by atoms with Crippen LogP contribution in [0, 0.1) is 23.7 Å².